The number of aliphatic hydroxyl groups is 1. The first kappa shape index (κ1) is 19.3. The number of carbonyl (C=O) groups is 3. The molecular formula is C12H20O9. The van der Waals surface area contributed by atoms with Crippen molar-refractivity contribution in [1.29, 1.82) is 0 Å². The summed E-state index contributed by atoms with van der Waals surface area (Å²) in [6, 6.07) is 0. The van der Waals surface area contributed by atoms with E-state index in [0.29, 0.717) is 0 Å². The van der Waals surface area contributed by atoms with E-state index in [1.54, 1.807) is 0 Å². The van der Waals surface area contributed by atoms with E-state index < -0.39 is 36.0 Å². The maximum atomic E-state index is 11.9. The Kier molecular flexibility index (Phi) is 8.51. The summed E-state index contributed by atoms with van der Waals surface area (Å²) in [5.74, 6) is -3.51. The SMILES string of the molecule is CCOC(=O)CC(OO)(C(=O)OCC)C(O)C(=O)OCC. The van der Waals surface area contributed by atoms with Crippen molar-refractivity contribution in [3.8, 4) is 0 Å². The van der Waals surface area contributed by atoms with Crippen LogP contribution in [0.15, 0.2) is 0 Å². The quantitative estimate of drug-likeness (QED) is 0.254. The molecule has 2 atom stereocenters. The number of hydrogen-bond donors (Lipinski definition) is 2. The Labute approximate surface area is 121 Å². The molecule has 0 heterocycles. The van der Waals surface area contributed by atoms with Gasteiger partial charge < -0.3 is 19.3 Å². The largest absolute Gasteiger partial charge is 0.466 e. The van der Waals surface area contributed by atoms with Gasteiger partial charge in [0.15, 0.2) is 6.10 Å². The third-order valence-electron chi connectivity index (χ3n) is 2.45. The van der Waals surface area contributed by atoms with Crippen LogP contribution >= 0.6 is 0 Å². The predicted molar refractivity (Wildman–Crippen MR) is 67.0 cm³/mol. The number of aliphatic hydroxyl groups excluding tert-OH is 1. The summed E-state index contributed by atoms with van der Waals surface area (Å²) >= 11 is 0. The minimum absolute atomic E-state index is 0.00132. The molecule has 9 nitrogen and oxygen atoms in total. The van der Waals surface area contributed by atoms with Gasteiger partial charge in [0, 0.05) is 0 Å². The van der Waals surface area contributed by atoms with Crippen molar-refractivity contribution >= 4 is 17.9 Å². The standard InChI is InChI=1S/C12H20O9/c1-4-18-8(13)7-12(21-17,11(16)20-6-3)9(14)10(15)19-5-2/h9,14,17H,4-7H2,1-3H3. The molecule has 0 aromatic rings. The molecule has 9 heteroatoms. The Morgan fingerprint density at radius 2 is 1.52 bits per heavy atom. The lowest BCUT2D eigenvalue weighted by molar-refractivity contribution is -0.336. The number of hydrogen-bond acceptors (Lipinski definition) is 9. The van der Waals surface area contributed by atoms with Crippen molar-refractivity contribution < 1.29 is 43.8 Å². The van der Waals surface area contributed by atoms with Crippen LogP contribution in [-0.4, -0.2) is 59.8 Å². The Morgan fingerprint density at radius 1 is 1.00 bits per heavy atom. The van der Waals surface area contributed by atoms with Crippen molar-refractivity contribution in [1.82, 2.24) is 0 Å². The van der Waals surface area contributed by atoms with Crippen molar-refractivity contribution in [2.75, 3.05) is 19.8 Å². The first-order valence-electron chi connectivity index (χ1n) is 6.39. The highest BCUT2D eigenvalue weighted by Crippen LogP contribution is 2.24. The average molecular weight is 308 g/mol. The van der Waals surface area contributed by atoms with Crippen molar-refractivity contribution in [2.24, 2.45) is 0 Å². The smallest absolute Gasteiger partial charge is 0.345 e. The van der Waals surface area contributed by atoms with Crippen LogP contribution in [0.5, 0.6) is 0 Å². The van der Waals surface area contributed by atoms with Crippen LogP contribution in [0, 0.1) is 0 Å². The van der Waals surface area contributed by atoms with E-state index in [-0.39, 0.29) is 19.8 Å². The van der Waals surface area contributed by atoms with Gasteiger partial charge >= 0.3 is 17.9 Å². The molecule has 0 spiro atoms. The minimum Gasteiger partial charge on any atom is -0.466 e. The Morgan fingerprint density at radius 3 is 1.95 bits per heavy atom. The summed E-state index contributed by atoms with van der Waals surface area (Å²) in [6.07, 6.45) is -3.18. The van der Waals surface area contributed by atoms with Crippen LogP contribution in [0.2, 0.25) is 0 Å². The van der Waals surface area contributed by atoms with E-state index in [4.69, 9.17) is 5.26 Å². The zero-order valence-electron chi connectivity index (χ0n) is 12.2. The molecule has 0 aliphatic carbocycles. The van der Waals surface area contributed by atoms with Gasteiger partial charge in [-0.25, -0.2) is 14.5 Å². The predicted octanol–water partition coefficient (Wildman–Crippen LogP) is -0.345. The zero-order valence-corrected chi connectivity index (χ0v) is 12.2. The molecule has 0 fully saturated rings. The lowest BCUT2D eigenvalue weighted by Gasteiger charge is -2.29. The van der Waals surface area contributed by atoms with Crippen LogP contribution in [0.4, 0.5) is 0 Å². The molecule has 2 N–H and O–H groups in total. The highest BCUT2D eigenvalue weighted by molar-refractivity contribution is 5.92. The second-order valence-corrected chi connectivity index (χ2v) is 3.84. The lowest BCUT2D eigenvalue weighted by atomic mass is 9.92. The second-order valence-electron chi connectivity index (χ2n) is 3.84. The third kappa shape index (κ3) is 4.96. The fraction of sp³-hybridized carbons (Fsp3) is 0.750. The van der Waals surface area contributed by atoms with Gasteiger partial charge in [0.25, 0.3) is 0 Å². The van der Waals surface area contributed by atoms with Gasteiger partial charge in [-0.3, -0.25) is 10.1 Å². The minimum atomic E-state index is -2.64. The number of ether oxygens (including phenoxy) is 3. The van der Waals surface area contributed by atoms with Gasteiger partial charge in [-0.1, -0.05) is 0 Å². The third-order valence-corrected chi connectivity index (χ3v) is 2.45. The van der Waals surface area contributed by atoms with Crippen molar-refractivity contribution in [3.05, 3.63) is 0 Å². The molecule has 0 saturated heterocycles. The molecule has 0 aromatic carbocycles. The highest BCUT2D eigenvalue weighted by atomic mass is 17.1. The molecule has 0 amide bonds. The summed E-state index contributed by atoms with van der Waals surface area (Å²) in [5, 5.41) is 18.9. The number of esters is 3. The van der Waals surface area contributed by atoms with E-state index in [9.17, 15) is 19.5 Å². The molecule has 0 saturated carbocycles. The van der Waals surface area contributed by atoms with Crippen LogP contribution in [-0.2, 0) is 33.5 Å². The maximum Gasteiger partial charge on any atom is 0.345 e. The fourth-order valence-electron chi connectivity index (χ4n) is 1.49. The van der Waals surface area contributed by atoms with Crippen LogP contribution in [0.1, 0.15) is 27.2 Å². The number of rotatable bonds is 9. The van der Waals surface area contributed by atoms with Crippen LogP contribution in [0.3, 0.4) is 0 Å². The van der Waals surface area contributed by atoms with E-state index in [2.05, 4.69) is 19.1 Å². The lowest BCUT2D eigenvalue weighted by Crippen LogP contribution is -2.57. The summed E-state index contributed by atoms with van der Waals surface area (Å²) in [6.45, 7) is 4.25. The summed E-state index contributed by atoms with van der Waals surface area (Å²) in [5.41, 5.74) is -2.64. The Hall–Kier alpha value is -1.71. The van der Waals surface area contributed by atoms with Gasteiger partial charge in [-0.2, -0.15) is 0 Å². The van der Waals surface area contributed by atoms with E-state index in [1.807, 2.05) is 0 Å². The average Bonchev–Trinajstić information content (AvgIpc) is 2.44. The number of carbonyl (C=O) groups excluding carboxylic acids is 3. The molecule has 0 bridgehead atoms. The second kappa shape index (κ2) is 9.27. The molecule has 0 aliphatic rings. The highest BCUT2D eigenvalue weighted by Gasteiger charge is 2.55. The molecule has 0 aromatic heterocycles. The molecule has 0 rings (SSSR count). The van der Waals surface area contributed by atoms with Crippen LogP contribution < -0.4 is 0 Å². The molecule has 122 valence electrons. The van der Waals surface area contributed by atoms with Gasteiger partial charge in [0.05, 0.1) is 26.2 Å². The van der Waals surface area contributed by atoms with E-state index in [0.717, 1.165) is 0 Å². The van der Waals surface area contributed by atoms with E-state index >= 15 is 0 Å². The summed E-state index contributed by atoms with van der Waals surface area (Å²) in [4.78, 5) is 39.0. The van der Waals surface area contributed by atoms with Gasteiger partial charge in [0.1, 0.15) is 0 Å². The normalized spacial score (nSPS) is 14.7. The topological polar surface area (TPSA) is 129 Å². The molecule has 2 unspecified atom stereocenters. The molecule has 0 radical (unpaired) electrons. The van der Waals surface area contributed by atoms with Gasteiger partial charge in [-0.15, -0.1) is 0 Å². The van der Waals surface area contributed by atoms with Gasteiger partial charge in [-0.05, 0) is 20.8 Å². The van der Waals surface area contributed by atoms with Crippen molar-refractivity contribution in [2.45, 2.75) is 38.9 Å². The van der Waals surface area contributed by atoms with E-state index in [1.165, 1.54) is 20.8 Å². The van der Waals surface area contributed by atoms with Crippen molar-refractivity contribution in [3.63, 3.8) is 0 Å². The zero-order chi connectivity index (χ0) is 16.5. The maximum absolute atomic E-state index is 11.9. The Balaban J connectivity index is 5.43. The van der Waals surface area contributed by atoms with Crippen LogP contribution in [0.25, 0.3) is 0 Å². The van der Waals surface area contributed by atoms with Gasteiger partial charge in [0.2, 0.25) is 5.60 Å². The first-order chi connectivity index (χ1) is 9.89. The monoisotopic (exact) mass is 308 g/mol. The fourth-order valence-corrected chi connectivity index (χ4v) is 1.49. The Bertz CT molecular complexity index is 368. The summed E-state index contributed by atoms with van der Waals surface area (Å²) in [7, 11) is 0. The molecular weight excluding hydrogens is 288 g/mol. The molecule has 21 heavy (non-hydrogen) atoms. The first-order valence-corrected chi connectivity index (χ1v) is 6.39. The molecule has 0 aliphatic heterocycles. The summed E-state index contributed by atoms with van der Waals surface area (Å²) < 4.78 is 13.8.